The fourth-order valence-corrected chi connectivity index (χ4v) is 0.204. The van der Waals surface area contributed by atoms with Gasteiger partial charge in [-0.15, -0.1) is 0 Å². The van der Waals surface area contributed by atoms with Crippen LogP contribution < -0.4 is 0 Å². The Morgan fingerprint density at radius 3 is 1.40 bits per heavy atom. The summed E-state index contributed by atoms with van der Waals surface area (Å²) in [6, 6.07) is 0. The van der Waals surface area contributed by atoms with E-state index >= 15 is 0 Å². The second-order valence-corrected chi connectivity index (χ2v) is 0.645. The lowest BCUT2D eigenvalue weighted by Gasteiger charge is -1.84. The lowest BCUT2D eigenvalue weighted by atomic mass is 14.6. The first-order valence-corrected chi connectivity index (χ1v) is 1.75. The van der Waals surface area contributed by atoms with E-state index in [1.54, 1.807) is 0 Å². The minimum atomic E-state index is 1.84. The molecule has 0 N–H and O–H groups in total. The molecule has 0 aromatic carbocycles. The molecule has 0 aromatic heterocycles. The summed E-state index contributed by atoms with van der Waals surface area (Å²) in [6.07, 6.45) is 0. The van der Waals surface area contributed by atoms with Gasteiger partial charge in [-0.3, -0.25) is 0 Å². The van der Waals surface area contributed by atoms with E-state index in [9.17, 15) is 0 Å². The molecule has 0 saturated heterocycles. The molecule has 2 unspecified atom stereocenters. The van der Waals surface area contributed by atoms with Gasteiger partial charge in [-0.05, 0) is 0 Å². The smallest absolute Gasteiger partial charge is 0.0456 e. The van der Waals surface area contributed by atoms with Crippen LogP contribution in [0.25, 0.3) is 0 Å². The van der Waals surface area contributed by atoms with E-state index in [-0.39, 0.29) is 0 Å². The van der Waals surface area contributed by atoms with Crippen molar-refractivity contribution in [3.05, 3.63) is 0 Å². The van der Waals surface area contributed by atoms with E-state index in [2.05, 4.69) is 14.4 Å². The van der Waals surface area contributed by atoms with E-state index in [1.165, 1.54) is 0 Å². The Morgan fingerprint density at radius 1 is 1.00 bits per heavy atom. The first-order valence-electron chi connectivity index (χ1n) is 0.805. The number of rotatable bonds is 2. The van der Waals surface area contributed by atoms with Crippen LogP contribution in [0.1, 0.15) is 0 Å². The molecule has 0 rings (SSSR count). The van der Waals surface area contributed by atoms with Gasteiger partial charge in [0.15, 0.2) is 0 Å². The lowest BCUT2D eigenvalue weighted by molar-refractivity contribution is -0.399. The summed E-state index contributed by atoms with van der Waals surface area (Å²) in [4.78, 5) is 0. The topological polar surface area (TPSA) is 27.7 Å². The molecule has 5 heteroatoms. The third kappa shape index (κ3) is 4.74. The van der Waals surface area contributed by atoms with Gasteiger partial charge in [-0.25, -0.2) is 0 Å². The SMILES string of the molecule is POOOP. The van der Waals surface area contributed by atoms with Crippen LogP contribution in [0.5, 0.6) is 0 Å². The Hall–Kier alpha value is 0.740. The number of hydrogen-bond acceptors (Lipinski definition) is 3. The van der Waals surface area contributed by atoms with Crippen LogP contribution in [0.15, 0.2) is 0 Å². The molecule has 3 nitrogen and oxygen atoms in total. The van der Waals surface area contributed by atoms with Crippen molar-refractivity contribution in [3.8, 4) is 0 Å². The Kier molecular flexibility index (Phi) is 5.44. The van der Waals surface area contributed by atoms with Crippen LogP contribution in [0.4, 0.5) is 0 Å². The lowest BCUT2D eigenvalue weighted by Crippen LogP contribution is -1.69. The molecule has 32 valence electrons. The van der Waals surface area contributed by atoms with Crippen LogP contribution in [-0.4, -0.2) is 0 Å². The first kappa shape index (κ1) is 5.74. The molecule has 2 atom stereocenters. The van der Waals surface area contributed by atoms with Gasteiger partial charge in [-0.2, -0.15) is 9.35 Å². The van der Waals surface area contributed by atoms with E-state index < -0.39 is 0 Å². The highest BCUT2D eigenvalue weighted by atomic mass is 31.0. The maximum atomic E-state index is 3.86. The fourth-order valence-electron chi connectivity index (χ4n) is 0.0227. The molecule has 0 aliphatic rings. The molecule has 0 aliphatic heterocycles. The van der Waals surface area contributed by atoms with Crippen LogP contribution in [0.2, 0.25) is 0 Å². The monoisotopic (exact) mass is 114 g/mol. The Bertz CT molecular complexity index is 12.4. The van der Waals surface area contributed by atoms with Crippen molar-refractivity contribution in [2.24, 2.45) is 0 Å². The van der Waals surface area contributed by atoms with Gasteiger partial charge in [0, 0.05) is 18.9 Å². The summed E-state index contributed by atoms with van der Waals surface area (Å²) < 4.78 is 7.73. The van der Waals surface area contributed by atoms with E-state index in [0.29, 0.717) is 0 Å². The molecule has 0 fully saturated rings. The van der Waals surface area contributed by atoms with Crippen molar-refractivity contribution in [2.75, 3.05) is 0 Å². The van der Waals surface area contributed by atoms with Gasteiger partial charge >= 0.3 is 0 Å². The minimum Gasteiger partial charge on any atom is -0.191 e. The van der Waals surface area contributed by atoms with Crippen LogP contribution in [0, 0.1) is 0 Å². The maximum absolute atomic E-state index is 3.86. The van der Waals surface area contributed by atoms with E-state index in [1.807, 2.05) is 18.9 Å². The highest BCUT2D eigenvalue weighted by Gasteiger charge is 1.63. The zero-order valence-corrected chi connectivity index (χ0v) is 4.69. The quantitative estimate of drug-likeness (QED) is 0.296. The van der Waals surface area contributed by atoms with Crippen LogP contribution in [0.3, 0.4) is 0 Å². The summed E-state index contributed by atoms with van der Waals surface area (Å²) in [7, 11) is 3.68. The van der Waals surface area contributed by atoms with Gasteiger partial charge in [0.05, 0.1) is 0 Å². The maximum Gasteiger partial charge on any atom is 0.0456 e. The average molecular weight is 114 g/mol. The predicted molar refractivity (Wildman–Crippen MR) is 22.7 cm³/mol. The average Bonchev–Trinajstić information content (AvgIpc) is 1.41. The molecule has 0 aromatic rings. The third-order valence-corrected chi connectivity index (χ3v) is 0.236. The van der Waals surface area contributed by atoms with Crippen molar-refractivity contribution >= 4 is 18.9 Å². The van der Waals surface area contributed by atoms with Gasteiger partial charge in [0.1, 0.15) is 0 Å². The van der Waals surface area contributed by atoms with Gasteiger partial charge < -0.3 is 0 Å². The molecule has 0 radical (unpaired) electrons. The fraction of sp³-hybridized carbons (Fsp3) is 0. The van der Waals surface area contributed by atoms with Gasteiger partial charge in [-0.1, -0.05) is 5.04 Å². The molecular weight excluding hydrogens is 110 g/mol. The highest BCUT2D eigenvalue weighted by Crippen LogP contribution is 1.91. The molecular formula is H4O3P2. The standard InChI is InChI=1S/H4O3P2/c4-2-1-3-5/h4-5H2. The van der Waals surface area contributed by atoms with Crippen LogP contribution in [-0.2, 0) is 14.4 Å². The summed E-state index contributed by atoms with van der Waals surface area (Å²) >= 11 is 0. The zero-order chi connectivity index (χ0) is 4.12. The molecule has 0 heterocycles. The van der Waals surface area contributed by atoms with Crippen molar-refractivity contribution < 1.29 is 14.4 Å². The Labute approximate surface area is 34.4 Å². The van der Waals surface area contributed by atoms with Gasteiger partial charge in [0.2, 0.25) is 0 Å². The minimum absolute atomic E-state index is 1.84. The second-order valence-electron chi connectivity index (χ2n) is 0.260. The van der Waals surface area contributed by atoms with E-state index in [4.69, 9.17) is 0 Å². The molecule has 5 heavy (non-hydrogen) atoms. The van der Waals surface area contributed by atoms with Crippen LogP contribution >= 0.6 is 18.9 Å². The van der Waals surface area contributed by atoms with Crippen molar-refractivity contribution in [1.82, 2.24) is 0 Å². The summed E-state index contributed by atoms with van der Waals surface area (Å²) in [5, 5.41) is 3.76. The van der Waals surface area contributed by atoms with Crippen molar-refractivity contribution in [2.45, 2.75) is 0 Å². The Morgan fingerprint density at radius 2 is 1.40 bits per heavy atom. The molecule has 0 bridgehead atoms. The summed E-state index contributed by atoms with van der Waals surface area (Å²) in [6.45, 7) is 0. The van der Waals surface area contributed by atoms with Crippen molar-refractivity contribution in [3.63, 3.8) is 0 Å². The summed E-state index contributed by atoms with van der Waals surface area (Å²) in [5.41, 5.74) is 0. The zero-order valence-electron chi connectivity index (χ0n) is 2.38. The van der Waals surface area contributed by atoms with Gasteiger partial charge in [0.25, 0.3) is 0 Å². The second kappa shape index (κ2) is 4.74. The molecule has 0 aliphatic carbocycles. The highest BCUT2D eigenvalue weighted by molar-refractivity contribution is 7.10. The largest absolute Gasteiger partial charge is 0.191 e. The predicted octanol–water partition coefficient (Wildman–Crippen LogP) is 0.446. The molecule has 0 amide bonds. The summed E-state index contributed by atoms with van der Waals surface area (Å²) in [5.74, 6) is 0. The normalized spacial score (nSPS) is 8.40. The van der Waals surface area contributed by atoms with E-state index in [0.717, 1.165) is 0 Å². The number of hydrogen-bond donors (Lipinski definition) is 0. The third-order valence-electron chi connectivity index (χ3n) is 0.0786. The molecule has 0 spiro atoms. The van der Waals surface area contributed by atoms with Crippen molar-refractivity contribution in [1.29, 1.82) is 0 Å². The molecule has 0 saturated carbocycles. The Balaban J connectivity index is 2.19. The first-order chi connectivity index (χ1) is 2.41.